The minimum absolute atomic E-state index is 0.213. The average Bonchev–Trinajstić information content (AvgIpc) is 2.81. The number of nitriles is 2. The number of pyridine rings is 1. The van der Waals surface area contributed by atoms with Crippen LogP contribution in [0.2, 0.25) is 0 Å². The number of rotatable bonds is 1. The van der Waals surface area contributed by atoms with Crippen LogP contribution in [0, 0.1) is 28.1 Å². The molecule has 2 heterocycles. The topological polar surface area (TPSA) is 76.4 Å². The van der Waals surface area contributed by atoms with Crippen molar-refractivity contribution >= 4 is 11.8 Å². The number of nitrogens with zero attached hydrogens (tertiary/aromatic N) is 3. The van der Waals surface area contributed by atoms with Crippen LogP contribution in [0.4, 0.5) is 0 Å². The van der Waals surface area contributed by atoms with Crippen LogP contribution < -0.4 is 5.49 Å². The van der Waals surface area contributed by atoms with E-state index in [1.165, 1.54) is 0 Å². The fourth-order valence-electron chi connectivity index (χ4n) is 2.73. The van der Waals surface area contributed by atoms with E-state index in [0.29, 0.717) is 17.7 Å². The first-order chi connectivity index (χ1) is 10.8. The number of fused-ring (bicyclic) bond motifs is 1. The summed E-state index contributed by atoms with van der Waals surface area (Å²) in [6.07, 6.45) is 2.02. The number of nitrogens with one attached hydrogen (secondary N) is 1. The molecule has 22 heavy (non-hydrogen) atoms. The first-order valence-corrected chi connectivity index (χ1v) is 8.10. The van der Waals surface area contributed by atoms with Crippen molar-refractivity contribution in [3.63, 3.8) is 0 Å². The van der Waals surface area contributed by atoms with Crippen LogP contribution in [0.5, 0.6) is 0 Å². The van der Waals surface area contributed by atoms with E-state index in [-0.39, 0.29) is 11.1 Å². The van der Waals surface area contributed by atoms with E-state index in [1.807, 2.05) is 34.9 Å². The van der Waals surface area contributed by atoms with E-state index in [9.17, 15) is 10.5 Å². The van der Waals surface area contributed by atoms with Crippen molar-refractivity contribution < 1.29 is 0 Å². The van der Waals surface area contributed by atoms with E-state index in [0.717, 1.165) is 29.2 Å². The van der Waals surface area contributed by atoms with Gasteiger partial charge >= 0.3 is 0 Å². The highest BCUT2D eigenvalue weighted by Gasteiger charge is 2.22. The highest BCUT2D eigenvalue weighted by molar-refractivity contribution is 7.99. The molecule has 0 aliphatic carbocycles. The van der Waals surface area contributed by atoms with E-state index in [1.54, 1.807) is 11.8 Å². The molecule has 2 aromatic rings. The Hall–Kier alpha value is -2.50. The van der Waals surface area contributed by atoms with Gasteiger partial charge in [-0.15, -0.1) is 11.8 Å². The minimum atomic E-state index is 0.213. The van der Waals surface area contributed by atoms with Gasteiger partial charge in [0, 0.05) is 12.1 Å². The molecular weight excluding hydrogens is 292 g/mol. The second-order valence-corrected chi connectivity index (χ2v) is 6.16. The Balaban J connectivity index is 2.42. The first kappa shape index (κ1) is 14.4. The van der Waals surface area contributed by atoms with Crippen molar-refractivity contribution in [2.45, 2.75) is 24.4 Å². The maximum Gasteiger partial charge on any atom is 0.144 e. The van der Waals surface area contributed by atoms with Crippen LogP contribution in [0.15, 0.2) is 35.4 Å². The van der Waals surface area contributed by atoms with Crippen LogP contribution >= 0.6 is 11.8 Å². The number of benzene rings is 1. The van der Waals surface area contributed by atoms with Crippen LogP contribution in [-0.2, 0) is 6.54 Å². The number of thioether (sulfide) groups is 1. The molecule has 1 aliphatic rings. The highest BCUT2D eigenvalue weighted by Crippen LogP contribution is 2.34. The standard InChI is InChI=1S/C17H14N4S/c18-10-13-15(12-6-2-1-3-7-12)14(11-19)17-21(16(13)20)8-4-5-9-22-17/h1-3,6-7,20H,4-5,8-9H2. The molecule has 0 fully saturated rings. The molecule has 4 nitrogen and oxygen atoms in total. The van der Waals surface area contributed by atoms with Crippen LogP contribution in [0.25, 0.3) is 11.1 Å². The molecule has 1 aliphatic heterocycles. The molecule has 0 bridgehead atoms. The van der Waals surface area contributed by atoms with E-state index in [2.05, 4.69) is 12.1 Å². The summed E-state index contributed by atoms with van der Waals surface area (Å²) in [5, 5.41) is 28.5. The second kappa shape index (κ2) is 6.09. The van der Waals surface area contributed by atoms with Crippen LogP contribution in [-0.4, -0.2) is 10.3 Å². The van der Waals surface area contributed by atoms with Gasteiger partial charge in [0.1, 0.15) is 23.2 Å². The Kier molecular flexibility index (Phi) is 4.00. The Morgan fingerprint density at radius 2 is 1.77 bits per heavy atom. The third-order valence-corrected chi connectivity index (χ3v) is 4.96. The Morgan fingerprint density at radius 1 is 1.05 bits per heavy atom. The maximum atomic E-state index is 9.69. The third kappa shape index (κ3) is 2.30. The fourth-order valence-corrected chi connectivity index (χ4v) is 3.90. The molecule has 0 saturated carbocycles. The van der Waals surface area contributed by atoms with Crippen molar-refractivity contribution in [1.82, 2.24) is 4.57 Å². The zero-order valence-electron chi connectivity index (χ0n) is 12.0. The normalized spacial score (nSPS) is 13.5. The van der Waals surface area contributed by atoms with Crippen molar-refractivity contribution in [2.24, 2.45) is 0 Å². The summed E-state index contributed by atoms with van der Waals surface area (Å²) < 4.78 is 1.82. The molecule has 0 atom stereocenters. The second-order valence-electron chi connectivity index (χ2n) is 5.08. The predicted molar refractivity (Wildman–Crippen MR) is 85.1 cm³/mol. The molecule has 1 aromatic carbocycles. The van der Waals surface area contributed by atoms with Gasteiger partial charge < -0.3 is 4.57 Å². The molecule has 108 valence electrons. The molecule has 1 aromatic heterocycles. The van der Waals surface area contributed by atoms with Gasteiger partial charge in [-0.05, 0) is 24.2 Å². The van der Waals surface area contributed by atoms with Gasteiger partial charge in [0.2, 0.25) is 0 Å². The van der Waals surface area contributed by atoms with Crippen LogP contribution in [0.1, 0.15) is 24.0 Å². The SMILES string of the molecule is N#Cc1c(-c2ccccc2)c(C#N)c(=N)n2c1SCCCC2. The summed E-state index contributed by atoms with van der Waals surface area (Å²) >= 11 is 1.61. The lowest BCUT2D eigenvalue weighted by molar-refractivity contribution is 0.570. The molecule has 0 spiro atoms. The zero-order valence-corrected chi connectivity index (χ0v) is 12.8. The van der Waals surface area contributed by atoms with Crippen LogP contribution in [0.3, 0.4) is 0 Å². The molecule has 0 amide bonds. The predicted octanol–water partition coefficient (Wildman–Crippen LogP) is 3.26. The molecule has 0 unspecified atom stereocenters. The molecule has 0 radical (unpaired) electrons. The van der Waals surface area contributed by atoms with E-state index >= 15 is 0 Å². The quantitative estimate of drug-likeness (QED) is 0.878. The van der Waals surface area contributed by atoms with Crippen molar-refractivity contribution in [1.29, 1.82) is 15.9 Å². The Morgan fingerprint density at radius 3 is 2.45 bits per heavy atom. The minimum Gasteiger partial charge on any atom is -0.319 e. The maximum absolute atomic E-state index is 9.69. The smallest absolute Gasteiger partial charge is 0.144 e. The highest BCUT2D eigenvalue weighted by atomic mass is 32.2. The lowest BCUT2D eigenvalue weighted by atomic mass is 9.97. The monoisotopic (exact) mass is 306 g/mol. The van der Waals surface area contributed by atoms with Gasteiger partial charge in [-0.2, -0.15) is 10.5 Å². The molecule has 1 N–H and O–H groups in total. The van der Waals surface area contributed by atoms with Gasteiger partial charge in [0.15, 0.2) is 0 Å². The average molecular weight is 306 g/mol. The zero-order chi connectivity index (χ0) is 15.5. The van der Waals surface area contributed by atoms with E-state index in [4.69, 9.17) is 5.41 Å². The summed E-state index contributed by atoms with van der Waals surface area (Å²) in [6.45, 7) is 0.694. The number of aromatic nitrogens is 1. The number of hydrogen-bond acceptors (Lipinski definition) is 4. The van der Waals surface area contributed by atoms with Crippen molar-refractivity contribution in [3.8, 4) is 23.3 Å². The lowest BCUT2D eigenvalue weighted by Gasteiger charge is -2.17. The van der Waals surface area contributed by atoms with Crippen molar-refractivity contribution in [3.05, 3.63) is 46.9 Å². The Bertz CT molecular complexity index is 853. The molecule has 3 rings (SSSR count). The van der Waals surface area contributed by atoms with Gasteiger partial charge in [0.25, 0.3) is 0 Å². The first-order valence-electron chi connectivity index (χ1n) is 7.11. The molecule has 5 heteroatoms. The van der Waals surface area contributed by atoms with Gasteiger partial charge in [-0.3, -0.25) is 5.41 Å². The van der Waals surface area contributed by atoms with Gasteiger partial charge in [0.05, 0.1) is 10.6 Å². The number of hydrogen-bond donors (Lipinski definition) is 1. The summed E-state index contributed by atoms with van der Waals surface area (Å²) in [5.41, 5.74) is 2.43. The fraction of sp³-hybridized carbons (Fsp3) is 0.235. The van der Waals surface area contributed by atoms with E-state index < -0.39 is 0 Å². The summed E-state index contributed by atoms with van der Waals surface area (Å²) in [5.74, 6) is 0.939. The third-order valence-electron chi connectivity index (χ3n) is 3.77. The molecular formula is C17H14N4S. The van der Waals surface area contributed by atoms with Gasteiger partial charge in [-0.25, -0.2) is 0 Å². The molecule has 0 saturated heterocycles. The van der Waals surface area contributed by atoms with Gasteiger partial charge in [-0.1, -0.05) is 30.3 Å². The largest absolute Gasteiger partial charge is 0.319 e. The Labute approximate surface area is 133 Å². The lowest BCUT2D eigenvalue weighted by Crippen LogP contribution is -2.26. The summed E-state index contributed by atoms with van der Waals surface area (Å²) in [7, 11) is 0. The summed E-state index contributed by atoms with van der Waals surface area (Å²) in [4.78, 5) is 0. The van der Waals surface area contributed by atoms with Crippen molar-refractivity contribution in [2.75, 3.05) is 5.75 Å². The summed E-state index contributed by atoms with van der Waals surface area (Å²) in [6, 6.07) is 13.8.